The molecule has 0 saturated heterocycles. The van der Waals surface area contributed by atoms with Crippen molar-refractivity contribution >= 4 is 46.1 Å². The van der Waals surface area contributed by atoms with Gasteiger partial charge in [0.05, 0.1) is 10.9 Å². The molecule has 0 radical (unpaired) electrons. The van der Waals surface area contributed by atoms with E-state index < -0.39 is 0 Å². The van der Waals surface area contributed by atoms with E-state index in [4.69, 9.17) is 34.8 Å². The zero-order chi connectivity index (χ0) is 6.85. The highest BCUT2D eigenvalue weighted by molar-refractivity contribution is 7.17. The van der Waals surface area contributed by atoms with Crippen molar-refractivity contribution in [3.63, 3.8) is 0 Å². The van der Waals surface area contributed by atoms with Crippen LogP contribution in [0.15, 0.2) is 6.07 Å². The van der Waals surface area contributed by atoms with Crippen molar-refractivity contribution in [2.45, 2.75) is 5.88 Å². The fourth-order valence-electron chi connectivity index (χ4n) is 0.457. The molecule has 0 unspecified atom stereocenters. The molecular weight excluding hydrogens is 198 g/mol. The molecule has 1 heterocycles. The monoisotopic (exact) mass is 200 g/mol. The maximum atomic E-state index is 5.64. The minimum Gasteiger partial charge on any atom is -0.126 e. The second-order valence-corrected chi connectivity index (χ2v) is 3.88. The van der Waals surface area contributed by atoms with E-state index in [0.29, 0.717) is 15.2 Å². The second kappa shape index (κ2) is 3.11. The van der Waals surface area contributed by atoms with Gasteiger partial charge < -0.3 is 0 Å². The lowest BCUT2D eigenvalue weighted by atomic mass is 10.5. The molecule has 1 aromatic heterocycles. The molecule has 0 aliphatic rings. The zero-order valence-electron chi connectivity index (χ0n) is 4.33. The van der Waals surface area contributed by atoms with Crippen molar-refractivity contribution < 1.29 is 0 Å². The van der Waals surface area contributed by atoms with Crippen LogP contribution in [0, 0.1) is 0 Å². The van der Waals surface area contributed by atoms with Gasteiger partial charge in [0.1, 0.15) is 4.34 Å². The molecule has 0 aliphatic carbocycles. The Balaban J connectivity index is 2.98. The number of hydrogen-bond acceptors (Lipinski definition) is 1. The lowest BCUT2D eigenvalue weighted by Crippen LogP contribution is -1.59. The lowest BCUT2D eigenvalue weighted by molar-refractivity contribution is 1.53. The van der Waals surface area contributed by atoms with Crippen LogP contribution in [0.2, 0.25) is 9.36 Å². The Bertz CT molecular complexity index is 186. The van der Waals surface area contributed by atoms with Crippen LogP contribution in [0.1, 0.15) is 4.88 Å². The predicted octanol–water partition coefficient (Wildman–Crippen LogP) is 3.79. The molecule has 0 bridgehead atoms. The van der Waals surface area contributed by atoms with Crippen molar-refractivity contribution in [3.05, 3.63) is 20.3 Å². The third kappa shape index (κ3) is 1.74. The summed E-state index contributed by atoms with van der Waals surface area (Å²) in [4.78, 5) is 1.01. The first kappa shape index (κ1) is 7.67. The molecule has 9 heavy (non-hydrogen) atoms. The standard InChI is InChI=1S/C5H3Cl3S/c6-2-3-1-4(7)5(8)9-3/h1H,2H2. The molecule has 1 aromatic rings. The molecule has 50 valence electrons. The first-order valence-corrected chi connectivity index (χ1v) is 4.34. The summed E-state index contributed by atoms with van der Waals surface area (Å²) in [6.45, 7) is 0. The topological polar surface area (TPSA) is 0 Å². The van der Waals surface area contributed by atoms with Gasteiger partial charge in [0.15, 0.2) is 0 Å². The van der Waals surface area contributed by atoms with E-state index in [9.17, 15) is 0 Å². The van der Waals surface area contributed by atoms with Crippen LogP contribution in [-0.4, -0.2) is 0 Å². The van der Waals surface area contributed by atoms with E-state index >= 15 is 0 Å². The van der Waals surface area contributed by atoms with E-state index in [1.54, 1.807) is 6.07 Å². The number of thiophene rings is 1. The van der Waals surface area contributed by atoms with Crippen LogP contribution >= 0.6 is 46.1 Å². The van der Waals surface area contributed by atoms with Gasteiger partial charge in [-0.1, -0.05) is 23.2 Å². The van der Waals surface area contributed by atoms with E-state index in [2.05, 4.69) is 0 Å². The molecule has 0 aliphatic heterocycles. The van der Waals surface area contributed by atoms with Crippen molar-refractivity contribution in [2.75, 3.05) is 0 Å². The Morgan fingerprint density at radius 3 is 2.33 bits per heavy atom. The van der Waals surface area contributed by atoms with E-state index in [-0.39, 0.29) is 0 Å². The first-order valence-electron chi connectivity index (χ1n) is 2.23. The first-order chi connectivity index (χ1) is 4.24. The highest BCUT2D eigenvalue weighted by Gasteiger charge is 2.01. The number of rotatable bonds is 1. The van der Waals surface area contributed by atoms with Gasteiger partial charge in [-0.15, -0.1) is 22.9 Å². The summed E-state index contributed by atoms with van der Waals surface area (Å²) >= 11 is 18.2. The second-order valence-electron chi connectivity index (χ2n) is 1.47. The molecule has 0 saturated carbocycles. The maximum absolute atomic E-state index is 5.64. The molecule has 0 N–H and O–H groups in total. The quantitative estimate of drug-likeness (QED) is 0.607. The summed E-state index contributed by atoms with van der Waals surface area (Å²) in [5.74, 6) is 0.483. The van der Waals surface area contributed by atoms with Crippen LogP contribution in [0.4, 0.5) is 0 Å². The van der Waals surface area contributed by atoms with Crippen LogP contribution in [-0.2, 0) is 5.88 Å². The highest BCUT2D eigenvalue weighted by Crippen LogP contribution is 2.32. The molecule has 0 fully saturated rings. The third-order valence-electron chi connectivity index (χ3n) is 0.828. The van der Waals surface area contributed by atoms with E-state index in [1.165, 1.54) is 11.3 Å². The predicted molar refractivity (Wildman–Crippen MR) is 43.9 cm³/mol. The Labute approximate surface area is 72.3 Å². The summed E-state index contributed by atoms with van der Waals surface area (Å²) in [6, 6.07) is 1.78. The van der Waals surface area contributed by atoms with Gasteiger partial charge in [0.25, 0.3) is 0 Å². The minimum absolute atomic E-state index is 0.483. The van der Waals surface area contributed by atoms with Crippen LogP contribution < -0.4 is 0 Å². The van der Waals surface area contributed by atoms with Gasteiger partial charge >= 0.3 is 0 Å². The molecule has 0 amide bonds. The average Bonchev–Trinajstić information content (AvgIpc) is 2.13. The molecule has 0 spiro atoms. The molecule has 0 atom stereocenters. The molecule has 0 aromatic carbocycles. The fourth-order valence-corrected chi connectivity index (χ4v) is 1.98. The van der Waals surface area contributed by atoms with Crippen LogP contribution in [0.5, 0.6) is 0 Å². The third-order valence-corrected chi connectivity index (χ3v) is 3.14. The molecule has 0 nitrogen and oxygen atoms in total. The largest absolute Gasteiger partial charge is 0.126 e. The Morgan fingerprint density at radius 2 is 2.11 bits per heavy atom. The van der Waals surface area contributed by atoms with Crippen molar-refractivity contribution in [2.24, 2.45) is 0 Å². The average molecular weight is 202 g/mol. The van der Waals surface area contributed by atoms with Gasteiger partial charge in [0.2, 0.25) is 0 Å². The van der Waals surface area contributed by atoms with Gasteiger partial charge in [0, 0.05) is 4.88 Å². The van der Waals surface area contributed by atoms with E-state index in [0.717, 1.165) is 4.88 Å². The zero-order valence-corrected chi connectivity index (χ0v) is 7.41. The maximum Gasteiger partial charge on any atom is 0.112 e. The minimum atomic E-state index is 0.483. The van der Waals surface area contributed by atoms with Crippen molar-refractivity contribution in [1.29, 1.82) is 0 Å². The summed E-state index contributed by atoms with van der Waals surface area (Å²) < 4.78 is 0.618. The fraction of sp³-hybridized carbons (Fsp3) is 0.200. The van der Waals surface area contributed by atoms with Gasteiger partial charge in [-0.25, -0.2) is 0 Å². The van der Waals surface area contributed by atoms with Gasteiger partial charge in [-0.2, -0.15) is 0 Å². The Hall–Kier alpha value is 0.570. The number of hydrogen-bond donors (Lipinski definition) is 0. The number of halogens is 3. The van der Waals surface area contributed by atoms with Gasteiger partial charge in [-0.3, -0.25) is 0 Å². The van der Waals surface area contributed by atoms with Crippen molar-refractivity contribution in [3.8, 4) is 0 Å². The summed E-state index contributed by atoms with van der Waals surface area (Å²) in [5, 5.41) is 0.595. The Kier molecular flexibility index (Phi) is 2.65. The summed E-state index contributed by atoms with van der Waals surface area (Å²) in [6.07, 6.45) is 0. The van der Waals surface area contributed by atoms with Crippen molar-refractivity contribution in [1.82, 2.24) is 0 Å². The number of alkyl halides is 1. The van der Waals surface area contributed by atoms with Crippen LogP contribution in [0.3, 0.4) is 0 Å². The lowest BCUT2D eigenvalue weighted by Gasteiger charge is -1.77. The molecule has 1 rings (SSSR count). The highest BCUT2D eigenvalue weighted by atomic mass is 35.5. The normalized spacial score (nSPS) is 10.1. The summed E-state index contributed by atoms with van der Waals surface area (Å²) in [5.41, 5.74) is 0. The van der Waals surface area contributed by atoms with E-state index in [1.807, 2.05) is 0 Å². The smallest absolute Gasteiger partial charge is 0.112 e. The molecular formula is C5H3Cl3S. The van der Waals surface area contributed by atoms with Gasteiger partial charge in [-0.05, 0) is 6.07 Å². The molecule has 4 heteroatoms. The Morgan fingerprint density at radius 1 is 1.44 bits per heavy atom. The van der Waals surface area contributed by atoms with Crippen LogP contribution in [0.25, 0.3) is 0 Å². The SMILES string of the molecule is ClCc1cc(Cl)c(Cl)s1. The summed E-state index contributed by atoms with van der Waals surface area (Å²) in [7, 11) is 0.